The fourth-order valence-electron chi connectivity index (χ4n) is 4.55. The van der Waals surface area contributed by atoms with Crippen LogP contribution < -0.4 is 4.80 Å². The molecule has 1 aliphatic rings. The van der Waals surface area contributed by atoms with Gasteiger partial charge in [0.2, 0.25) is 10.0 Å². The molecule has 6 nitrogen and oxygen atoms in total. The van der Waals surface area contributed by atoms with Crippen molar-refractivity contribution in [1.82, 2.24) is 8.87 Å². The SMILES string of the molecule is Cc1cc(C)c2sc(=NC(=O)c3ccc(S(=O)(=O)N4CC(C)CC(C)C4)cc3)n(C)c2c1. The maximum Gasteiger partial charge on any atom is 0.279 e. The molecule has 1 saturated heterocycles. The number of nitrogens with zero attached hydrogens (tertiary/aromatic N) is 3. The van der Waals surface area contributed by atoms with E-state index in [0.717, 1.165) is 27.8 Å². The molecule has 8 heteroatoms. The summed E-state index contributed by atoms with van der Waals surface area (Å²) in [5.41, 5.74) is 3.74. The van der Waals surface area contributed by atoms with E-state index in [1.54, 1.807) is 16.4 Å². The monoisotopic (exact) mass is 471 g/mol. The molecule has 0 saturated carbocycles. The summed E-state index contributed by atoms with van der Waals surface area (Å²) in [6.07, 6.45) is 1.04. The van der Waals surface area contributed by atoms with Gasteiger partial charge in [0.05, 0.1) is 15.1 Å². The minimum Gasteiger partial charge on any atom is -0.319 e. The first-order chi connectivity index (χ1) is 15.1. The number of amides is 1. The zero-order valence-electron chi connectivity index (χ0n) is 19.1. The number of hydrogen-bond donors (Lipinski definition) is 0. The Morgan fingerprint density at radius 3 is 2.31 bits per heavy atom. The van der Waals surface area contributed by atoms with E-state index in [9.17, 15) is 13.2 Å². The quantitative estimate of drug-likeness (QED) is 0.573. The van der Waals surface area contributed by atoms with Crippen LogP contribution >= 0.6 is 11.3 Å². The van der Waals surface area contributed by atoms with Crippen LogP contribution in [0.25, 0.3) is 10.2 Å². The van der Waals surface area contributed by atoms with Crippen LogP contribution in [0, 0.1) is 25.7 Å². The first-order valence-electron chi connectivity index (χ1n) is 10.8. The van der Waals surface area contributed by atoms with Gasteiger partial charge in [-0.05, 0) is 73.6 Å². The van der Waals surface area contributed by atoms with Gasteiger partial charge in [-0.15, -0.1) is 0 Å². The molecule has 1 aliphatic heterocycles. The molecule has 2 unspecified atom stereocenters. The molecule has 32 heavy (non-hydrogen) atoms. The second kappa shape index (κ2) is 8.57. The number of aryl methyl sites for hydroxylation is 3. The van der Waals surface area contributed by atoms with E-state index in [2.05, 4.69) is 37.9 Å². The molecule has 170 valence electrons. The van der Waals surface area contributed by atoms with Crippen molar-refractivity contribution >= 4 is 37.5 Å². The molecule has 0 radical (unpaired) electrons. The van der Waals surface area contributed by atoms with Gasteiger partial charge in [-0.3, -0.25) is 4.79 Å². The highest BCUT2D eigenvalue weighted by atomic mass is 32.2. The zero-order valence-corrected chi connectivity index (χ0v) is 20.8. The van der Waals surface area contributed by atoms with Crippen LogP contribution in [0.4, 0.5) is 0 Å². The van der Waals surface area contributed by atoms with E-state index in [-0.39, 0.29) is 10.8 Å². The summed E-state index contributed by atoms with van der Waals surface area (Å²) in [6, 6.07) is 10.3. The fourth-order valence-corrected chi connectivity index (χ4v) is 7.29. The number of thiazole rings is 1. The lowest BCUT2D eigenvalue weighted by Gasteiger charge is -2.34. The van der Waals surface area contributed by atoms with Gasteiger partial charge < -0.3 is 4.57 Å². The minimum absolute atomic E-state index is 0.217. The fraction of sp³-hybridized carbons (Fsp3) is 0.417. The molecule has 0 spiro atoms. The van der Waals surface area contributed by atoms with Crippen molar-refractivity contribution in [2.45, 2.75) is 39.0 Å². The molecule has 4 rings (SSSR count). The predicted molar refractivity (Wildman–Crippen MR) is 128 cm³/mol. The Balaban J connectivity index is 1.62. The van der Waals surface area contributed by atoms with Crippen LogP contribution in [0.1, 0.15) is 41.8 Å². The molecule has 1 fully saturated rings. The normalized spacial score (nSPS) is 20.7. The van der Waals surface area contributed by atoms with E-state index in [0.29, 0.717) is 35.3 Å². The van der Waals surface area contributed by atoms with Gasteiger partial charge in [-0.2, -0.15) is 9.30 Å². The second-order valence-corrected chi connectivity index (χ2v) is 12.0. The molecule has 2 atom stereocenters. The highest BCUT2D eigenvalue weighted by molar-refractivity contribution is 7.89. The molecule has 2 heterocycles. The van der Waals surface area contributed by atoms with E-state index >= 15 is 0 Å². The smallest absolute Gasteiger partial charge is 0.279 e. The third-order valence-corrected chi connectivity index (χ3v) is 9.14. The average molecular weight is 472 g/mol. The largest absolute Gasteiger partial charge is 0.319 e. The Kier molecular flexibility index (Phi) is 6.13. The van der Waals surface area contributed by atoms with Crippen LogP contribution in [-0.2, 0) is 17.1 Å². The van der Waals surface area contributed by atoms with E-state index in [4.69, 9.17) is 0 Å². The Bertz CT molecular complexity index is 1340. The highest BCUT2D eigenvalue weighted by Crippen LogP contribution is 2.27. The number of hydrogen-bond acceptors (Lipinski definition) is 4. The minimum atomic E-state index is -3.57. The van der Waals surface area contributed by atoms with Crippen molar-refractivity contribution < 1.29 is 13.2 Å². The third-order valence-electron chi connectivity index (χ3n) is 6.01. The van der Waals surface area contributed by atoms with Crippen LogP contribution in [0.15, 0.2) is 46.3 Å². The number of carbonyl (C=O) groups excluding carboxylic acids is 1. The molecule has 0 aliphatic carbocycles. The molecular weight excluding hydrogens is 442 g/mol. The molecule has 1 amide bonds. The van der Waals surface area contributed by atoms with Crippen molar-refractivity contribution in [2.24, 2.45) is 23.9 Å². The Morgan fingerprint density at radius 1 is 1.06 bits per heavy atom. The van der Waals surface area contributed by atoms with Crippen LogP contribution in [-0.4, -0.2) is 36.3 Å². The third kappa shape index (κ3) is 4.31. The number of fused-ring (bicyclic) bond motifs is 1. The number of carbonyl (C=O) groups is 1. The molecule has 0 bridgehead atoms. The molecule has 1 aromatic heterocycles. The standard InChI is InChI=1S/C24H29N3O3S2/c1-15-11-18(4)22-21(12-15)26(5)24(31-22)25-23(28)19-6-8-20(9-7-19)32(29,30)27-13-16(2)10-17(3)14-27/h6-9,11-12,16-17H,10,13-14H2,1-5H3. The summed E-state index contributed by atoms with van der Waals surface area (Å²) in [6.45, 7) is 9.33. The van der Waals surface area contributed by atoms with Gasteiger partial charge in [0.15, 0.2) is 4.80 Å². The van der Waals surface area contributed by atoms with E-state index < -0.39 is 10.0 Å². The first kappa shape index (κ1) is 22.9. The Labute approximate surface area is 193 Å². The van der Waals surface area contributed by atoms with Crippen molar-refractivity contribution in [2.75, 3.05) is 13.1 Å². The van der Waals surface area contributed by atoms with Crippen LogP contribution in [0.2, 0.25) is 0 Å². The summed E-state index contributed by atoms with van der Waals surface area (Å²) in [4.78, 5) is 18.0. The van der Waals surface area contributed by atoms with Crippen molar-refractivity contribution in [3.63, 3.8) is 0 Å². The van der Waals surface area contributed by atoms with Gasteiger partial charge in [0.25, 0.3) is 5.91 Å². The summed E-state index contributed by atoms with van der Waals surface area (Å²) < 4.78 is 30.7. The number of rotatable bonds is 3. The number of piperidine rings is 1. The predicted octanol–water partition coefficient (Wildman–Crippen LogP) is 4.26. The maximum atomic E-state index is 13.1. The van der Waals surface area contributed by atoms with Crippen LogP contribution in [0.5, 0.6) is 0 Å². The van der Waals surface area contributed by atoms with E-state index in [1.807, 2.05) is 18.5 Å². The number of benzene rings is 2. The van der Waals surface area contributed by atoms with Gasteiger partial charge in [-0.1, -0.05) is 31.3 Å². The maximum absolute atomic E-state index is 13.1. The van der Waals surface area contributed by atoms with Crippen molar-refractivity contribution in [3.05, 3.63) is 57.9 Å². The van der Waals surface area contributed by atoms with Gasteiger partial charge in [0.1, 0.15) is 0 Å². The number of aromatic nitrogens is 1. The molecular formula is C24H29N3O3S2. The first-order valence-corrected chi connectivity index (χ1v) is 13.1. The lowest BCUT2D eigenvalue weighted by atomic mass is 9.94. The lowest BCUT2D eigenvalue weighted by Crippen LogP contribution is -2.42. The summed E-state index contributed by atoms with van der Waals surface area (Å²) >= 11 is 1.48. The van der Waals surface area contributed by atoms with E-state index in [1.165, 1.54) is 23.5 Å². The Morgan fingerprint density at radius 2 is 1.69 bits per heavy atom. The molecule has 2 aromatic carbocycles. The summed E-state index contributed by atoms with van der Waals surface area (Å²) in [5, 5.41) is 0. The van der Waals surface area contributed by atoms with Gasteiger partial charge in [0, 0.05) is 25.7 Å². The number of sulfonamides is 1. The van der Waals surface area contributed by atoms with Crippen LogP contribution in [0.3, 0.4) is 0 Å². The van der Waals surface area contributed by atoms with Crippen molar-refractivity contribution in [3.8, 4) is 0 Å². The summed E-state index contributed by atoms with van der Waals surface area (Å²) in [5.74, 6) is 0.288. The molecule has 3 aromatic rings. The Hall–Kier alpha value is -2.29. The second-order valence-electron chi connectivity index (χ2n) is 9.08. The topological polar surface area (TPSA) is 71.7 Å². The summed E-state index contributed by atoms with van der Waals surface area (Å²) in [7, 11) is -1.67. The van der Waals surface area contributed by atoms with Crippen molar-refractivity contribution in [1.29, 1.82) is 0 Å². The van der Waals surface area contributed by atoms with Gasteiger partial charge >= 0.3 is 0 Å². The van der Waals surface area contributed by atoms with Gasteiger partial charge in [-0.25, -0.2) is 8.42 Å². The highest BCUT2D eigenvalue weighted by Gasteiger charge is 2.31. The zero-order chi connectivity index (χ0) is 23.2. The average Bonchev–Trinajstić information content (AvgIpc) is 3.03. The lowest BCUT2D eigenvalue weighted by molar-refractivity contribution is 0.0998. The molecule has 0 N–H and O–H groups in total.